The minimum absolute atomic E-state index is 0.128. The molecule has 1 N–H and O–H groups in total. The Kier molecular flexibility index (Phi) is 4.57. The first-order chi connectivity index (χ1) is 9.60. The molecule has 0 radical (unpaired) electrons. The van der Waals surface area contributed by atoms with Crippen LogP contribution in [0.15, 0.2) is 30.6 Å². The van der Waals surface area contributed by atoms with E-state index in [9.17, 15) is 4.79 Å². The van der Waals surface area contributed by atoms with Crippen LogP contribution in [0.3, 0.4) is 0 Å². The van der Waals surface area contributed by atoms with Crippen LogP contribution in [-0.2, 0) is 17.9 Å². The number of aromatic nitrogens is 3. The van der Waals surface area contributed by atoms with Crippen LogP contribution >= 0.6 is 11.6 Å². The Morgan fingerprint density at radius 2 is 2.30 bits per heavy atom. The van der Waals surface area contributed by atoms with Crippen molar-refractivity contribution in [2.45, 2.75) is 20.0 Å². The fraction of sp³-hybridized carbons (Fsp3) is 0.308. The standard InChI is InChI=1S/C13H15ClN4O2/c1-2-18-12(15-9-16-18)7-17(8-13(19)20)11-5-3-4-10(14)6-11/h3-6,9H,2,7-8H2,1H3,(H,19,20). The second-order valence-electron chi connectivity index (χ2n) is 4.22. The zero-order valence-electron chi connectivity index (χ0n) is 11.0. The van der Waals surface area contributed by atoms with E-state index in [1.807, 2.05) is 13.0 Å². The molecule has 1 heterocycles. The molecule has 1 aromatic carbocycles. The minimum atomic E-state index is -0.910. The summed E-state index contributed by atoms with van der Waals surface area (Å²) in [6.07, 6.45) is 1.47. The Morgan fingerprint density at radius 3 is 2.95 bits per heavy atom. The highest BCUT2D eigenvalue weighted by Crippen LogP contribution is 2.20. The SMILES string of the molecule is CCn1ncnc1CN(CC(=O)O)c1cccc(Cl)c1. The van der Waals surface area contributed by atoms with Crippen molar-refractivity contribution >= 4 is 23.3 Å². The second-order valence-corrected chi connectivity index (χ2v) is 4.66. The third kappa shape index (κ3) is 3.48. The molecule has 1 aromatic heterocycles. The van der Waals surface area contributed by atoms with Crippen LogP contribution in [-0.4, -0.2) is 32.4 Å². The fourth-order valence-electron chi connectivity index (χ4n) is 1.92. The number of nitrogens with zero attached hydrogens (tertiary/aromatic N) is 4. The Bertz CT molecular complexity index is 600. The lowest BCUT2D eigenvalue weighted by Crippen LogP contribution is -2.30. The van der Waals surface area contributed by atoms with E-state index in [1.54, 1.807) is 27.8 Å². The molecule has 0 amide bonds. The molecule has 0 aliphatic carbocycles. The van der Waals surface area contributed by atoms with Crippen molar-refractivity contribution in [1.29, 1.82) is 0 Å². The Hall–Kier alpha value is -2.08. The van der Waals surface area contributed by atoms with Gasteiger partial charge in [-0.25, -0.2) is 9.67 Å². The first-order valence-electron chi connectivity index (χ1n) is 6.19. The molecule has 0 aliphatic heterocycles. The van der Waals surface area contributed by atoms with E-state index in [1.165, 1.54) is 6.33 Å². The summed E-state index contributed by atoms with van der Waals surface area (Å²) in [4.78, 5) is 16.9. The minimum Gasteiger partial charge on any atom is -0.480 e. The molecule has 7 heteroatoms. The summed E-state index contributed by atoms with van der Waals surface area (Å²) in [5.41, 5.74) is 0.741. The van der Waals surface area contributed by atoms with Gasteiger partial charge < -0.3 is 10.0 Å². The lowest BCUT2D eigenvalue weighted by molar-refractivity contribution is -0.135. The maximum Gasteiger partial charge on any atom is 0.323 e. The number of benzene rings is 1. The maximum atomic E-state index is 11.0. The number of rotatable bonds is 6. The summed E-state index contributed by atoms with van der Waals surface area (Å²) in [5, 5.41) is 13.7. The molecule has 2 rings (SSSR count). The number of hydrogen-bond donors (Lipinski definition) is 1. The highest BCUT2D eigenvalue weighted by Gasteiger charge is 2.14. The number of aliphatic carboxylic acids is 1. The van der Waals surface area contributed by atoms with Crippen LogP contribution in [0.1, 0.15) is 12.7 Å². The van der Waals surface area contributed by atoms with E-state index < -0.39 is 5.97 Å². The molecule has 0 saturated heterocycles. The summed E-state index contributed by atoms with van der Waals surface area (Å²) >= 11 is 5.96. The lowest BCUT2D eigenvalue weighted by Gasteiger charge is -2.22. The highest BCUT2D eigenvalue weighted by atomic mass is 35.5. The molecule has 0 saturated carbocycles. The number of carboxylic acid groups (broad SMARTS) is 1. The van der Waals surface area contributed by atoms with Crippen molar-refractivity contribution in [2.24, 2.45) is 0 Å². The van der Waals surface area contributed by atoms with Crippen molar-refractivity contribution in [3.05, 3.63) is 41.4 Å². The summed E-state index contributed by atoms with van der Waals surface area (Å²) in [5.74, 6) is -0.193. The molecule has 0 unspecified atom stereocenters. The van der Waals surface area contributed by atoms with Gasteiger partial charge in [0.15, 0.2) is 0 Å². The Labute approximate surface area is 121 Å². The van der Waals surface area contributed by atoms with E-state index in [4.69, 9.17) is 16.7 Å². The molecule has 0 aliphatic rings. The summed E-state index contributed by atoms with van der Waals surface area (Å²) in [7, 11) is 0. The predicted molar refractivity (Wildman–Crippen MR) is 75.8 cm³/mol. The van der Waals surface area contributed by atoms with Crippen LogP contribution in [0.4, 0.5) is 5.69 Å². The average Bonchev–Trinajstić information content (AvgIpc) is 2.84. The quantitative estimate of drug-likeness (QED) is 0.883. The van der Waals surface area contributed by atoms with Crippen LogP contribution in [0.5, 0.6) is 0 Å². The molecule has 0 bridgehead atoms. The van der Waals surface area contributed by atoms with Gasteiger partial charge in [-0.3, -0.25) is 4.79 Å². The third-order valence-electron chi connectivity index (χ3n) is 2.83. The molecule has 6 nitrogen and oxygen atoms in total. The van der Waals surface area contributed by atoms with E-state index in [-0.39, 0.29) is 6.54 Å². The first-order valence-corrected chi connectivity index (χ1v) is 6.57. The van der Waals surface area contributed by atoms with Crippen molar-refractivity contribution < 1.29 is 9.90 Å². The zero-order valence-corrected chi connectivity index (χ0v) is 11.8. The molecular formula is C13H15ClN4O2. The van der Waals surface area contributed by atoms with Gasteiger partial charge in [0.25, 0.3) is 0 Å². The van der Waals surface area contributed by atoms with E-state index >= 15 is 0 Å². The third-order valence-corrected chi connectivity index (χ3v) is 3.06. The van der Waals surface area contributed by atoms with Crippen LogP contribution < -0.4 is 4.90 Å². The van der Waals surface area contributed by atoms with Gasteiger partial charge >= 0.3 is 5.97 Å². The smallest absolute Gasteiger partial charge is 0.323 e. The zero-order chi connectivity index (χ0) is 14.5. The van der Waals surface area contributed by atoms with Crippen molar-refractivity contribution in [2.75, 3.05) is 11.4 Å². The lowest BCUT2D eigenvalue weighted by atomic mass is 10.2. The van der Waals surface area contributed by atoms with E-state index in [2.05, 4.69) is 10.1 Å². The molecule has 106 valence electrons. The molecule has 0 atom stereocenters. The van der Waals surface area contributed by atoms with Gasteiger partial charge in [0.2, 0.25) is 0 Å². The van der Waals surface area contributed by atoms with Gasteiger partial charge in [-0.1, -0.05) is 17.7 Å². The summed E-state index contributed by atoms with van der Waals surface area (Å²) < 4.78 is 1.74. The van der Waals surface area contributed by atoms with E-state index in [0.717, 1.165) is 5.69 Å². The fourth-order valence-corrected chi connectivity index (χ4v) is 2.10. The largest absolute Gasteiger partial charge is 0.480 e. The first kappa shape index (κ1) is 14.3. The van der Waals surface area contributed by atoms with Gasteiger partial charge in [0, 0.05) is 17.3 Å². The number of hydrogen-bond acceptors (Lipinski definition) is 4. The molecule has 2 aromatic rings. The van der Waals surface area contributed by atoms with Gasteiger partial charge in [-0.15, -0.1) is 0 Å². The highest BCUT2D eigenvalue weighted by molar-refractivity contribution is 6.30. The number of anilines is 1. The van der Waals surface area contributed by atoms with Gasteiger partial charge in [0.05, 0.1) is 6.54 Å². The maximum absolute atomic E-state index is 11.0. The Morgan fingerprint density at radius 1 is 1.50 bits per heavy atom. The molecule has 0 fully saturated rings. The van der Waals surface area contributed by atoms with Gasteiger partial charge in [0.1, 0.15) is 18.7 Å². The van der Waals surface area contributed by atoms with Crippen LogP contribution in [0.2, 0.25) is 5.02 Å². The van der Waals surface area contributed by atoms with Crippen LogP contribution in [0, 0.1) is 0 Å². The van der Waals surface area contributed by atoms with Gasteiger partial charge in [-0.2, -0.15) is 5.10 Å². The number of carboxylic acids is 1. The van der Waals surface area contributed by atoms with Crippen molar-refractivity contribution in [3.8, 4) is 0 Å². The molecule has 20 heavy (non-hydrogen) atoms. The summed E-state index contributed by atoms with van der Waals surface area (Å²) in [6, 6.07) is 7.09. The van der Waals surface area contributed by atoms with Crippen molar-refractivity contribution in [3.63, 3.8) is 0 Å². The average molecular weight is 295 g/mol. The number of halogens is 1. The van der Waals surface area contributed by atoms with Crippen LogP contribution in [0.25, 0.3) is 0 Å². The normalized spacial score (nSPS) is 10.5. The Balaban J connectivity index is 2.26. The van der Waals surface area contributed by atoms with Gasteiger partial charge in [-0.05, 0) is 25.1 Å². The summed E-state index contributed by atoms with van der Waals surface area (Å²) in [6.45, 7) is 2.88. The number of aryl methyl sites for hydroxylation is 1. The monoisotopic (exact) mass is 294 g/mol. The molecule has 0 spiro atoms. The predicted octanol–water partition coefficient (Wildman–Crippen LogP) is 2.04. The van der Waals surface area contributed by atoms with Crippen molar-refractivity contribution in [1.82, 2.24) is 14.8 Å². The molecular weight excluding hydrogens is 280 g/mol. The topological polar surface area (TPSA) is 71.2 Å². The second kappa shape index (κ2) is 6.38. The number of carbonyl (C=O) groups is 1. The van der Waals surface area contributed by atoms with E-state index in [0.29, 0.717) is 23.9 Å².